The minimum Gasteiger partial charge on any atom is -0.333 e. The van der Waals surface area contributed by atoms with E-state index in [0.29, 0.717) is 16.7 Å². The Bertz CT molecular complexity index is 1120. The van der Waals surface area contributed by atoms with Crippen molar-refractivity contribution in [3.8, 4) is 16.9 Å². The standard InChI is InChI=1S/C21H18FN5OS/c1-14-11-19(27(26-14)17-9-7-16(22)8-10-17)25-20(28)13-29-21-23-12-18(24-21)15-5-3-2-4-6-15/h2-12H,13H2,1H3,(H,23,24)(H,25,28). The SMILES string of the molecule is Cc1cc(NC(=O)CSc2ncc(-c3ccccc3)[nH]2)n(-c2ccc(F)cc2)n1. The molecular formula is C21H18FN5OS. The van der Waals surface area contributed by atoms with Crippen LogP contribution in [-0.4, -0.2) is 31.4 Å². The zero-order chi connectivity index (χ0) is 20.2. The van der Waals surface area contributed by atoms with Gasteiger partial charge in [0.1, 0.15) is 11.6 Å². The van der Waals surface area contributed by atoms with Crippen molar-refractivity contribution < 1.29 is 9.18 Å². The van der Waals surface area contributed by atoms with E-state index in [1.807, 2.05) is 37.3 Å². The number of hydrogen-bond donors (Lipinski definition) is 2. The van der Waals surface area contributed by atoms with E-state index in [1.54, 1.807) is 29.1 Å². The first-order valence-electron chi connectivity index (χ1n) is 8.94. The minimum atomic E-state index is -0.326. The number of nitrogens with one attached hydrogen (secondary N) is 2. The highest BCUT2D eigenvalue weighted by atomic mass is 32.2. The molecule has 2 aromatic carbocycles. The lowest BCUT2D eigenvalue weighted by atomic mass is 10.2. The summed E-state index contributed by atoms with van der Waals surface area (Å²) >= 11 is 1.32. The summed E-state index contributed by atoms with van der Waals surface area (Å²) < 4.78 is 14.8. The number of thioether (sulfide) groups is 1. The summed E-state index contributed by atoms with van der Waals surface area (Å²) in [7, 11) is 0. The van der Waals surface area contributed by atoms with E-state index in [4.69, 9.17) is 0 Å². The monoisotopic (exact) mass is 407 g/mol. The van der Waals surface area contributed by atoms with E-state index in [2.05, 4.69) is 20.4 Å². The quantitative estimate of drug-likeness (QED) is 0.463. The van der Waals surface area contributed by atoms with Gasteiger partial charge in [-0.15, -0.1) is 0 Å². The van der Waals surface area contributed by atoms with E-state index in [-0.39, 0.29) is 17.5 Å². The van der Waals surface area contributed by atoms with Crippen molar-refractivity contribution in [1.82, 2.24) is 19.7 Å². The fourth-order valence-corrected chi connectivity index (χ4v) is 3.47. The van der Waals surface area contributed by atoms with Crippen molar-refractivity contribution in [1.29, 1.82) is 0 Å². The molecular weight excluding hydrogens is 389 g/mol. The first kappa shape index (κ1) is 18.9. The van der Waals surface area contributed by atoms with Gasteiger partial charge < -0.3 is 10.3 Å². The second-order valence-electron chi connectivity index (χ2n) is 6.36. The van der Waals surface area contributed by atoms with Crippen molar-refractivity contribution in [2.45, 2.75) is 12.1 Å². The highest BCUT2D eigenvalue weighted by molar-refractivity contribution is 7.99. The van der Waals surface area contributed by atoms with Gasteiger partial charge in [0.15, 0.2) is 5.16 Å². The molecule has 4 rings (SSSR count). The number of amides is 1. The van der Waals surface area contributed by atoms with Gasteiger partial charge in [0.2, 0.25) is 5.91 Å². The van der Waals surface area contributed by atoms with Crippen LogP contribution in [0.3, 0.4) is 0 Å². The van der Waals surface area contributed by atoms with Crippen molar-refractivity contribution in [3.05, 3.63) is 78.4 Å². The van der Waals surface area contributed by atoms with Gasteiger partial charge in [-0.2, -0.15) is 5.10 Å². The van der Waals surface area contributed by atoms with Gasteiger partial charge in [0, 0.05) is 6.07 Å². The highest BCUT2D eigenvalue weighted by Gasteiger charge is 2.12. The van der Waals surface area contributed by atoms with E-state index in [1.165, 1.54) is 23.9 Å². The zero-order valence-corrected chi connectivity index (χ0v) is 16.4. The fourth-order valence-electron chi connectivity index (χ4n) is 2.82. The number of rotatable bonds is 6. The number of aromatic nitrogens is 4. The van der Waals surface area contributed by atoms with Gasteiger partial charge in [0.25, 0.3) is 0 Å². The van der Waals surface area contributed by atoms with E-state index < -0.39 is 0 Å². The first-order chi connectivity index (χ1) is 14.1. The van der Waals surface area contributed by atoms with Crippen LogP contribution in [0.2, 0.25) is 0 Å². The van der Waals surface area contributed by atoms with Crippen LogP contribution < -0.4 is 5.32 Å². The summed E-state index contributed by atoms with van der Waals surface area (Å²) in [6.07, 6.45) is 1.75. The molecule has 2 heterocycles. The van der Waals surface area contributed by atoms with Crippen LogP contribution in [-0.2, 0) is 4.79 Å². The Morgan fingerprint density at radius 1 is 1.17 bits per heavy atom. The number of benzene rings is 2. The number of aryl methyl sites for hydroxylation is 1. The normalized spacial score (nSPS) is 10.8. The predicted molar refractivity (Wildman–Crippen MR) is 112 cm³/mol. The lowest BCUT2D eigenvalue weighted by molar-refractivity contribution is -0.113. The largest absolute Gasteiger partial charge is 0.333 e. The van der Waals surface area contributed by atoms with Crippen molar-refractivity contribution in [2.24, 2.45) is 0 Å². The van der Waals surface area contributed by atoms with Crippen LogP contribution >= 0.6 is 11.8 Å². The molecule has 0 spiro atoms. The molecule has 6 nitrogen and oxygen atoms in total. The molecule has 0 saturated heterocycles. The third-order valence-electron chi connectivity index (χ3n) is 4.15. The Labute approximate surface area is 171 Å². The average molecular weight is 407 g/mol. The molecule has 2 aromatic heterocycles. The number of aromatic amines is 1. The van der Waals surface area contributed by atoms with Crippen LogP contribution in [0.1, 0.15) is 5.69 Å². The molecule has 1 amide bonds. The highest BCUT2D eigenvalue weighted by Crippen LogP contribution is 2.22. The molecule has 0 aliphatic carbocycles. The predicted octanol–water partition coefficient (Wildman–Crippen LogP) is 4.44. The summed E-state index contributed by atoms with van der Waals surface area (Å²) in [4.78, 5) is 20.0. The Morgan fingerprint density at radius 3 is 2.69 bits per heavy atom. The van der Waals surface area contributed by atoms with Gasteiger partial charge in [-0.25, -0.2) is 14.1 Å². The van der Waals surface area contributed by atoms with Crippen LogP contribution in [0.25, 0.3) is 16.9 Å². The Balaban J connectivity index is 1.41. The number of carbonyl (C=O) groups is 1. The summed E-state index contributed by atoms with van der Waals surface area (Å²) in [6, 6.07) is 17.6. The molecule has 0 atom stereocenters. The lowest BCUT2D eigenvalue weighted by Gasteiger charge is -2.08. The Morgan fingerprint density at radius 2 is 1.93 bits per heavy atom. The van der Waals surface area contributed by atoms with Crippen LogP contribution in [0.15, 0.2) is 72.0 Å². The number of anilines is 1. The first-order valence-corrected chi connectivity index (χ1v) is 9.93. The Kier molecular flexibility index (Phi) is 5.44. The fraction of sp³-hybridized carbons (Fsp3) is 0.0952. The molecule has 0 radical (unpaired) electrons. The maximum atomic E-state index is 13.2. The Hall–Kier alpha value is -3.39. The van der Waals surface area contributed by atoms with Crippen molar-refractivity contribution in [3.63, 3.8) is 0 Å². The molecule has 0 aliphatic heterocycles. The molecule has 29 heavy (non-hydrogen) atoms. The van der Waals surface area contributed by atoms with E-state index in [9.17, 15) is 9.18 Å². The van der Waals surface area contributed by atoms with Crippen LogP contribution in [0.5, 0.6) is 0 Å². The third kappa shape index (κ3) is 4.55. The summed E-state index contributed by atoms with van der Waals surface area (Å²) in [5, 5.41) is 7.90. The van der Waals surface area contributed by atoms with Gasteiger partial charge in [-0.1, -0.05) is 42.1 Å². The molecule has 0 fully saturated rings. The molecule has 4 aromatic rings. The zero-order valence-electron chi connectivity index (χ0n) is 15.6. The lowest BCUT2D eigenvalue weighted by Crippen LogP contribution is -2.17. The van der Waals surface area contributed by atoms with E-state index >= 15 is 0 Å². The maximum Gasteiger partial charge on any atom is 0.236 e. The molecule has 8 heteroatoms. The minimum absolute atomic E-state index is 0.184. The number of carbonyl (C=O) groups excluding carboxylic acids is 1. The second-order valence-corrected chi connectivity index (χ2v) is 7.33. The van der Waals surface area contributed by atoms with Crippen molar-refractivity contribution in [2.75, 3.05) is 11.1 Å². The van der Waals surface area contributed by atoms with Crippen LogP contribution in [0.4, 0.5) is 10.2 Å². The van der Waals surface area contributed by atoms with E-state index in [0.717, 1.165) is 17.0 Å². The van der Waals surface area contributed by atoms with Crippen LogP contribution in [0, 0.1) is 12.7 Å². The number of nitrogens with zero attached hydrogens (tertiary/aromatic N) is 3. The summed E-state index contributed by atoms with van der Waals surface area (Å²) in [5.74, 6) is 0.211. The molecule has 146 valence electrons. The van der Waals surface area contributed by atoms with Gasteiger partial charge >= 0.3 is 0 Å². The third-order valence-corrected chi connectivity index (χ3v) is 5.03. The molecule has 0 unspecified atom stereocenters. The smallest absolute Gasteiger partial charge is 0.236 e. The number of halogens is 1. The summed E-state index contributed by atoms with van der Waals surface area (Å²) in [6.45, 7) is 1.83. The molecule has 2 N–H and O–H groups in total. The maximum absolute atomic E-state index is 13.2. The number of imidazole rings is 1. The average Bonchev–Trinajstić information content (AvgIpc) is 3.34. The van der Waals surface area contributed by atoms with Gasteiger partial charge in [-0.05, 0) is 36.8 Å². The topological polar surface area (TPSA) is 75.6 Å². The molecule has 0 bridgehead atoms. The van der Waals surface area contributed by atoms with Gasteiger partial charge in [-0.3, -0.25) is 4.79 Å². The summed E-state index contributed by atoms with van der Waals surface area (Å²) in [5.41, 5.74) is 3.35. The van der Waals surface area contributed by atoms with Crippen molar-refractivity contribution >= 4 is 23.5 Å². The number of hydrogen-bond acceptors (Lipinski definition) is 4. The number of H-pyrrole nitrogens is 1. The molecule has 0 aliphatic rings. The van der Waals surface area contributed by atoms with Gasteiger partial charge in [0.05, 0.1) is 29.0 Å². The molecule has 0 saturated carbocycles. The second kappa shape index (κ2) is 8.32.